The van der Waals surface area contributed by atoms with Crippen LogP contribution in [0, 0.1) is 5.82 Å². The third-order valence-electron chi connectivity index (χ3n) is 4.51. The zero-order valence-electron chi connectivity index (χ0n) is 12.1. The summed E-state index contributed by atoms with van der Waals surface area (Å²) in [7, 11) is -3.56. The van der Waals surface area contributed by atoms with Crippen LogP contribution in [0.2, 0.25) is 5.02 Å². The van der Waals surface area contributed by atoms with Crippen molar-refractivity contribution in [1.82, 2.24) is 0 Å². The Bertz CT molecular complexity index is 952. The summed E-state index contributed by atoms with van der Waals surface area (Å²) in [6, 6.07) is 6.66. The first kappa shape index (κ1) is 16.3. The topological polar surface area (TPSA) is 63.6 Å². The molecule has 0 bridgehead atoms. The van der Waals surface area contributed by atoms with E-state index in [1.54, 1.807) is 0 Å². The minimum Gasteiger partial charge on any atom is -0.456 e. The Hall–Kier alpha value is -1.15. The van der Waals surface area contributed by atoms with E-state index in [1.807, 2.05) is 0 Å². The highest BCUT2D eigenvalue weighted by Gasteiger charge is 2.66. The summed E-state index contributed by atoms with van der Waals surface area (Å²) in [4.78, 5) is 0.115. The second-order valence-corrected chi connectivity index (χ2v) is 9.46. The molecule has 1 aliphatic heterocycles. The number of aliphatic hydroxyl groups excluding tert-OH is 1. The summed E-state index contributed by atoms with van der Waals surface area (Å²) in [5.74, 6) is -0.0891. The van der Waals surface area contributed by atoms with Gasteiger partial charge in [-0.3, -0.25) is 0 Å². The Labute approximate surface area is 151 Å². The molecule has 0 amide bonds. The van der Waals surface area contributed by atoms with Gasteiger partial charge in [0.15, 0.2) is 9.84 Å². The van der Waals surface area contributed by atoms with Crippen LogP contribution in [0.15, 0.2) is 39.7 Å². The first-order chi connectivity index (χ1) is 11.3. The van der Waals surface area contributed by atoms with E-state index in [-0.39, 0.29) is 21.4 Å². The fraction of sp³-hybridized carbons (Fsp3) is 0.250. The maximum absolute atomic E-state index is 13.4. The van der Waals surface area contributed by atoms with Gasteiger partial charge in [0.1, 0.15) is 28.2 Å². The average molecular weight is 434 g/mol. The van der Waals surface area contributed by atoms with Gasteiger partial charge in [-0.15, -0.1) is 0 Å². The van der Waals surface area contributed by atoms with Crippen LogP contribution in [0.4, 0.5) is 4.39 Å². The normalized spacial score (nSPS) is 22.4. The molecule has 1 unspecified atom stereocenters. The smallest absolute Gasteiger partial charge is 0.187 e. The van der Waals surface area contributed by atoms with Crippen LogP contribution < -0.4 is 4.74 Å². The van der Waals surface area contributed by atoms with E-state index in [4.69, 9.17) is 16.3 Å². The first-order valence-corrected chi connectivity index (χ1v) is 9.81. The summed E-state index contributed by atoms with van der Waals surface area (Å²) in [6.45, 7) is 0. The van der Waals surface area contributed by atoms with E-state index in [0.29, 0.717) is 22.9 Å². The lowest BCUT2D eigenvalue weighted by Gasteiger charge is -2.14. The van der Waals surface area contributed by atoms with Crippen LogP contribution in [-0.4, -0.2) is 18.3 Å². The van der Waals surface area contributed by atoms with E-state index < -0.39 is 26.5 Å². The Kier molecular flexibility index (Phi) is 3.52. The van der Waals surface area contributed by atoms with Crippen molar-refractivity contribution in [2.75, 3.05) is 0 Å². The molecule has 1 atom stereocenters. The molecular formula is C16H11BrClFO4S. The minimum absolute atomic E-state index is 0.115. The van der Waals surface area contributed by atoms with Gasteiger partial charge < -0.3 is 9.84 Å². The molecule has 1 fully saturated rings. The molecule has 1 heterocycles. The molecule has 4 nitrogen and oxygen atoms in total. The third kappa shape index (κ3) is 2.15. The number of fused-ring (bicyclic) bond motifs is 1. The second-order valence-electron chi connectivity index (χ2n) is 5.97. The van der Waals surface area contributed by atoms with Gasteiger partial charge in [0.25, 0.3) is 0 Å². The lowest BCUT2D eigenvalue weighted by atomic mass is 10.1. The zero-order chi connectivity index (χ0) is 17.3. The summed E-state index contributed by atoms with van der Waals surface area (Å²) in [5, 5.41) is 10.7. The maximum atomic E-state index is 13.4. The van der Waals surface area contributed by atoms with Gasteiger partial charge >= 0.3 is 0 Å². The van der Waals surface area contributed by atoms with E-state index >= 15 is 0 Å². The van der Waals surface area contributed by atoms with Crippen LogP contribution in [-0.2, 0) is 9.84 Å². The van der Waals surface area contributed by atoms with Crippen molar-refractivity contribution in [2.24, 2.45) is 0 Å². The minimum atomic E-state index is -3.56. The monoisotopic (exact) mass is 432 g/mol. The van der Waals surface area contributed by atoms with Gasteiger partial charge in [-0.05, 0) is 53.0 Å². The Balaban J connectivity index is 1.80. The fourth-order valence-electron chi connectivity index (χ4n) is 3.13. The molecule has 2 aromatic rings. The molecule has 0 radical (unpaired) electrons. The van der Waals surface area contributed by atoms with E-state index in [1.165, 1.54) is 24.3 Å². The fourth-order valence-corrected chi connectivity index (χ4v) is 6.36. The van der Waals surface area contributed by atoms with Gasteiger partial charge in [-0.1, -0.05) is 11.6 Å². The molecule has 8 heteroatoms. The van der Waals surface area contributed by atoms with Crippen LogP contribution in [0.3, 0.4) is 0 Å². The van der Waals surface area contributed by atoms with Crippen LogP contribution in [0.25, 0.3) is 0 Å². The summed E-state index contributed by atoms with van der Waals surface area (Å²) >= 11 is 9.13. The predicted molar refractivity (Wildman–Crippen MR) is 89.7 cm³/mol. The molecule has 1 spiro atoms. The number of hydrogen-bond acceptors (Lipinski definition) is 4. The second kappa shape index (κ2) is 5.17. The lowest BCUT2D eigenvalue weighted by molar-refractivity contribution is 0.166. The summed E-state index contributed by atoms with van der Waals surface area (Å²) in [5.41, 5.74) is 0.299. The van der Waals surface area contributed by atoms with Crippen molar-refractivity contribution < 1.29 is 22.7 Å². The van der Waals surface area contributed by atoms with Gasteiger partial charge in [-0.2, -0.15) is 0 Å². The number of rotatable bonds is 2. The molecule has 1 saturated carbocycles. The predicted octanol–water partition coefficient (Wildman–Crippen LogP) is 4.39. The SMILES string of the molecule is O=S1(=O)c2ccc(Oc3cc(F)cc(Cl)c3)c(Br)c2C(O)C12CC2. The average Bonchev–Trinajstić information content (AvgIpc) is 3.26. The highest BCUT2D eigenvalue weighted by molar-refractivity contribution is 9.10. The molecule has 1 N–H and O–H groups in total. The van der Waals surface area contributed by atoms with Crippen LogP contribution in [0.1, 0.15) is 24.5 Å². The number of benzene rings is 2. The number of aliphatic hydroxyl groups is 1. The lowest BCUT2D eigenvalue weighted by Crippen LogP contribution is -2.22. The van der Waals surface area contributed by atoms with Crippen molar-refractivity contribution >= 4 is 37.4 Å². The molecule has 24 heavy (non-hydrogen) atoms. The van der Waals surface area contributed by atoms with Gasteiger partial charge in [0.2, 0.25) is 0 Å². The number of ether oxygens (including phenoxy) is 1. The molecule has 2 aromatic carbocycles. The van der Waals surface area contributed by atoms with Gasteiger partial charge in [-0.25, -0.2) is 12.8 Å². The molecule has 0 aromatic heterocycles. The van der Waals surface area contributed by atoms with E-state index in [9.17, 15) is 17.9 Å². The Morgan fingerprint density at radius 1 is 1.29 bits per heavy atom. The van der Waals surface area contributed by atoms with Gasteiger partial charge in [0, 0.05) is 16.7 Å². The Morgan fingerprint density at radius 3 is 2.62 bits per heavy atom. The molecule has 0 saturated heterocycles. The Morgan fingerprint density at radius 2 is 2.00 bits per heavy atom. The quantitative estimate of drug-likeness (QED) is 0.763. The molecule has 126 valence electrons. The first-order valence-electron chi connectivity index (χ1n) is 7.15. The van der Waals surface area contributed by atoms with Crippen LogP contribution in [0.5, 0.6) is 11.5 Å². The number of sulfone groups is 1. The zero-order valence-corrected chi connectivity index (χ0v) is 15.3. The third-order valence-corrected chi connectivity index (χ3v) is 8.18. The highest BCUT2D eigenvalue weighted by Crippen LogP contribution is 2.62. The van der Waals surface area contributed by atoms with Crippen molar-refractivity contribution in [3.8, 4) is 11.5 Å². The van der Waals surface area contributed by atoms with Crippen LogP contribution >= 0.6 is 27.5 Å². The maximum Gasteiger partial charge on any atom is 0.187 e. The summed E-state index contributed by atoms with van der Waals surface area (Å²) < 4.78 is 43.5. The van der Waals surface area contributed by atoms with Crippen molar-refractivity contribution in [1.29, 1.82) is 0 Å². The van der Waals surface area contributed by atoms with Crippen molar-refractivity contribution in [3.05, 3.63) is 51.2 Å². The standard InChI is InChI=1S/C16H11BrClFO4S/c17-14-11(23-10-6-8(18)5-9(19)7-10)1-2-12-13(14)15(20)16(3-4-16)24(12,21)22/h1-2,5-7,15,20H,3-4H2. The van der Waals surface area contributed by atoms with Gasteiger partial charge in [0.05, 0.1) is 9.37 Å². The largest absolute Gasteiger partial charge is 0.456 e. The summed E-state index contributed by atoms with van der Waals surface area (Å²) in [6.07, 6.45) is -0.229. The molecular weight excluding hydrogens is 423 g/mol. The van der Waals surface area contributed by atoms with Crippen molar-refractivity contribution in [3.63, 3.8) is 0 Å². The van der Waals surface area contributed by atoms with Crippen molar-refractivity contribution in [2.45, 2.75) is 28.6 Å². The van der Waals surface area contributed by atoms with E-state index in [0.717, 1.165) is 6.07 Å². The molecule has 1 aliphatic carbocycles. The number of halogens is 3. The number of hydrogen-bond donors (Lipinski definition) is 1. The highest BCUT2D eigenvalue weighted by atomic mass is 79.9. The molecule has 2 aliphatic rings. The van der Waals surface area contributed by atoms with E-state index in [2.05, 4.69) is 15.9 Å². The molecule has 4 rings (SSSR count).